The van der Waals surface area contributed by atoms with Crippen molar-refractivity contribution in [1.82, 2.24) is 4.57 Å². The summed E-state index contributed by atoms with van der Waals surface area (Å²) in [6.07, 6.45) is 0. The van der Waals surface area contributed by atoms with Crippen LogP contribution in [0.3, 0.4) is 0 Å². The Kier molecular flexibility index (Phi) is 9.50. The summed E-state index contributed by atoms with van der Waals surface area (Å²) in [5, 5.41) is 7.67. The van der Waals surface area contributed by atoms with Crippen LogP contribution in [0.1, 0.15) is 0 Å². The summed E-state index contributed by atoms with van der Waals surface area (Å²) in [6, 6.07) is 94.0. The van der Waals surface area contributed by atoms with E-state index in [0.717, 1.165) is 45.4 Å². The average Bonchev–Trinajstić information content (AvgIpc) is 3.74. The highest BCUT2D eigenvalue weighted by Crippen LogP contribution is 2.43. The minimum Gasteiger partial charge on any atom is -0.311 e. The second kappa shape index (κ2) is 16.2. The number of nitrogens with zero attached hydrogens (tertiary/aromatic N) is 3. The molecule has 0 aliphatic carbocycles. The number of aromatic nitrogens is 1. The van der Waals surface area contributed by atoms with Gasteiger partial charge in [0.1, 0.15) is 0 Å². The number of benzene rings is 11. The van der Waals surface area contributed by atoms with Gasteiger partial charge in [-0.1, -0.05) is 170 Å². The quantitative estimate of drug-likeness (QED) is 0.134. The Morgan fingerprint density at radius 2 is 0.554 bits per heavy atom. The van der Waals surface area contributed by atoms with Crippen LogP contribution in [0.2, 0.25) is 0 Å². The van der Waals surface area contributed by atoms with Crippen molar-refractivity contribution in [3.05, 3.63) is 261 Å². The third kappa shape index (κ3) is 6.78. The van der Waals surface area contributed by atoms with Crippen molar-refractivity contribution < 1.29 is 0 Å². The lowest BCUT2D eigenvalue weighted by Gasteiger charge is -2.28. The average molecular weight is 830 g/mol. The molecule has 0 amide bonds. The second-order valence-corrected chi connectivity index (χ2v) is 16.5. The smallest absolute Gasteiger partial charge is 0.0625 e. The van der Waals surface area contributed by atoms with Gasteiger partial charge in [0.25, 0.3) is 0 Å². The molecule has 1 aromatic heterocycles. The van der Waals surface area contributed by atoms with E-state index in [1.165, 1.54) is 60.0 Å². The molecular weight excluding hydrogens is 787 g/mol. The summed E-state index contributed by atoms with van der Waals surface area (Å²) in [4.78, 5) is 4.64. The van der Waals surface area contributed by atoms with Crippen LogP contribution in [-0.4, -0.2) is 4.57 Å². The Morgan fingerprint density at radius 1 is 0.231 bits per heavy atom. The fourth-order valence-corrected chi connectivity index (χ4v) is 9.74. The number of fused-ring (bicyclic) bond motifs is 8. The molecule has 0 unspecified atom stereocenters. The molecule has 12 rings (SSSR count). The maximum Gasteiger partial charge on any atom is 0.0625 e. The Morgan fingerprint density at radius 3 is 1.05 bits per heavy atom. The Hall–Kier alpha value is -8.66. The van der Waals surface area contributed by atoms with E-state index in [1.807, 2.05) is 0 Å². The first-order valence-electron chi connectivity index (χ1n) is 22.3. The third-order valence-electron chi connectivity index (χ3n) is 12.8. The van der Waals surface area contributed by atoms with Crippen molar-refractivity contribution in [3.8, 4) is 27.9 Å². The normalized spacial score (nSPS) is 11.4. The molecule has 0 saturated heterocycles. The highest BCUT2D eigenvalue weighted by atomic mass is 15.2. The minimum atomic E-state index is 1.07. The van der Waals surface area contributed by atoms with Gasteiger partial charge in [-0.15, -0.1) is 0 Å². The highest BCUT2D eigenvalue weighted by molar-refractivity contribution is 6.32. The first-order valence-corrected chi connectivity index (χ1v) is 22.3. The molecule has 306 valence electrons. The summed E-state index contributed by atoms with van der Waals surface area (Å²) in [5.74, 6) is 0. The number of rotatable bonds is 9. The molecule has 1 heterocycles. The Bertz CT molecular complexity index is 3560. The predicted molar refractivity (Wildman–Crippen MR) is 276 cm³/mol. The molecule has 0 spiro atoms. The van der Waals surface area contributed by atoms with E-state index in [2.05, 4.69) is 275 Å². The fraction of sp³-hybridized carbons (Fsp3) is 0. The van der Waals surface area contributed by atoms with E-state index >= 15 is 0 Å². The zero-order valence-corrected chi connectivity index (χ0v) is 35.7. The van der Waals surface area contributed by atoms with Gasteiger partial charge in [0.2, 0.25) is 0 Å². The molecule has 3 nitrogen and oxygen atoms in total. The van der Waals surface area contributed by atoms with Crippen LogP contribution in [-0.2, 0) is 0 Å². The van der Waals surface area contributed by atoms with Gasteiger partial charge in [-0.05, 0) is 129 Å². The zero-order chi connectivity index (χ0) is 43.1. The molecular formula is C62H43N3. The molecule has 11 aromatic carbocycles. The summed E-state index contributed by atoms with van der Waals surface area (Å²) < 4.78 is 2.46. The highest BCUT2D eigenvalue weighted by Gasteiger charge is 2.20. The number of hydrogen-bond acceptors (Lipinski definition) is 2. The van der Waals surface area contributed by atoms with Crippen LogP contribution in [0.5, 0.6) is 0 Å². The van der Waals surface area contributed by atoms with Crippen molar-refractivity contribution in [1.29, 1.82) is 0 Å². The topological polar surface area (TPSA) is 11.4 Å². The van der Waals surface area contributed by atoms with Gasteiger partial charge in [-0.2, -0.15) is 0 Å². The molecule has 0 bridgehead atoms. The van der Waals surface area contributed by atoms with Gasteiger partial charge < -0.3 is 14.4 Å². The first kappa shape index (κ1) is 38.0. The van der Waals surface area contributed by atoms with Gasteiger partial charge in [-0.25, -0.2) is 0 Å². The molecule has 0 fully saturated rings. The maximum atomic E-state index is 2.46. The molecule has 3 heteroatoms. The molecule has 0 aliphatic heterocycles. The second-order valence-electron chi connectivity index (χ2n) is 16.5. The fourth-order valence-electron chi connectivity index (χ4n) is 9.74. The summed E-state index contributed by atoms with van der Waals surface area (Å²) in [7, 11) is 0. The van der Waals surface area contributed by atoms with Gasteiger partial charge in [-0.3, -0.25) is 0 Å². The molecule has 65 heavy (non-hydrogen) atoms. The van der Waals surface area contributed by atoms with Crippen LogP contribution in [0.25, 0.3) is 71.3 Å². The number of anilines is 6. The molecule has 0 atom stereocenters. The van der Waals surface area contributed by atoms with E-state index in [9.17, 15) is 0 Å². The maximum absolute atomic E-state index is 2.46. The van der Waals surface area contributed by atoms with E-state index in [0.29, 0.717) is 0 Å². The van der Waals surface area contributed by atoms with E-state index < -0.39 is 0 Å². The third-order valence-corrected chi connectivity index (χ3v) is 12.8. The van der Waals surface area contributed by atoms with Crippen LogP contribution in [0, 0.1) is 0 Å². The van der Waals surface area contributed by atoms with Crippen molar-refractivity contribution in [2.24, 2.45) is 0 Å². The number of para-hydroxylation sites is 3. The SMILES string of the molecule is c1ccc(-c2ccc(N(c3ccc(-c4ccc(-n5c6ccccc6c6c7ccccc7c7ccccc7c65)cc4)cc3)c3ccc(N(c4ccccc4)c4ccccc4)cc3)cc2)cc1. The molecule has 0 aliphatic rings. The van der Waals surface area contributed by atoms with E-state index in [-0.39, 0.29) is 0 Å². The largest absolute Gasteiger partial charge is 0.311 e. The van der Waals surface area contributed by atoms with Crippen LogP contribution >= 0.6 is 0 Å². The Balaban J connectivity index is 0.917. The number of hydrogen-bond donors (Lipinski definition) is 0. The molecule has 0 N–H and O–H groups in total. The lowest BCUT2D eigenvalue weighted by molar-refractivity contribution is 1.19. The molecule has 0 saturated carbocycles. The molecule has 0 radical (unpaired) electrons. The van der Waals surface area contributed by atoms with Gasteiger partial charge in [0.15, 0.2) is 0 Å². The van der Waals surface area contributed by atoms with Crippen LogP contribution in [0.4, 0.5) is 34.1 Å². The van der Waals surface area contributed by atoms with Crippen molar-refractivity contribution in [2.75, 3.05) is 9.80 Å². The van der Waals surface area contributed by atoms with E-state index in [1.54, 1.807) is 0 Å². The summed E-state index contributed by atoms with van der Waals surface area (Å²) in [5.41, 5.74) is 14.9. The van der Waals surface area contributed by atoms with Crippen molar-refractivity contribution in [3.63, 3.8) is 0 Å². The van der Waals surface area contributed by atoms with Gasteiger partial charge in [0.05, 0.1) is 11.0 Å². The lowest BCUT2D eigenvalue weighted by Crippen LogP contribution is -2.12. The van der Waals surface area contributed by atoms with E-state index in [4.69, 9.17) is 0 Å². The van der Waals surface area contributed by atoms with Crippen molar-refractivity contribution in [2.45, 2.75) is 0 Å². The van der Waals surface area contributed by atoms with Gasteiger partial charge in [0, 0.05) is 56.0 Å². The Labute approximate surface area is 378 Å². The standard InChI is InChI=1S/C62H43N3/c1-4-16-44(17-5-1)45-28-34-50(35-29-45)64(53-42-40-52(41-43-53)63(48-18-6-2-7-19-48)49-20-8-3-9-21-49)51-36-30-46(31-37-51)47-32-38-54(39-33-47)65-60-27-15-14-26-59(60)61-57-24-12-10-22-55(57)56-23-11-13-25-58(56)62(61)65/h1-43H. The molecule has 12 aromatic rings. The monoisotopic (exact) mass is 829 g/mol. The van der Waals surface area contributed by atoms with Crippen LogP contribution in [0.15, 0.2) is 261 Å². The summed E-state index contributed by atoms with van der Waals surface area (Å²) in [6.45, 7) is 0. The first-order chi connectivity index (χ1) is 32.3. The van der Waals surface area contributed by atoms with Crippen molar-refractivity contribution >= 4 is 77.5 Å². The van der Waals surface area contributed by atoms with Crippen LogP contribution < -0.4 is 9.80 Å². The zero-order valence-electron chi connectivity index (χ0n) is 35.7. The minimum absolute atomic E-state index is 1.07. The lowest BCUT2D eigenvalue weighted by atomic mass is 9.97. The summed E-state index contributed by atoms with van der Waals surface area (Å²) >= 11 is 0. The predicted octanol–water partition coefficient (Wildman–Crippen LogP) is 17.4. The van der Waals surface area contributed by atoms with Gasteiger partial charge >= 0.3 is 0 Å².